The maximum absolute atomic E-state index is 6.81. The number of rotatable bonds is 7. The highest BCUT2D eigenvalue weighted by Gasteiger charge is 2.37. The van der Waals surface area contributed by atoms with Crippen molar-refractivity contribution in [2.24, 2.45) is 0 Å². The molecule has 0 amide bonds. The van der Waals surface area contributed by atoms with Crippen LogP contribution in [0.4, 0.5) is 34.1 Å². The minimum absolute atomic E-state index is 0.250. The largest absolute Gasteiger partial charge is 0.455 e. The van der Waals surface area contributed by atoms with Gasteiger partial charge in [-0.1, -0.05) is 117 Å². The molecule has 1 aliphatic carbocycles. The van der Waals surface area contributed by atoms with Gasteiger partial charge in [-0.05, 0) is 131 Å². The first kappa shape index (κ1) is 35.2. The van der Waals surface area contributed by atoms with E-state index in [2.05, 4.69) is 241 Å². The van der Waals surface area contributed by atoms with Crippen LogP contribution in [0.3, 0.4) is 0 Å². The molecule has 1 aliphatic rings. The number of benzene rings is 9. The van der Waals surface area contributed by atoms with Gasteiger partial charge in [0.25, 0.3) is 0 Å². The van der Waals surface area contributed by atoms with Crippen molar-refractivity contribution in [3.05, 3.63) is 223 Å². The Kier molecular flexibility index (Phi) is 7.85. The maximum Gasteiger partial charge on any atom is 0.145 e. The molecule has 0 saturated carbocycles. The van der Waals surface area contributed by atoms with Gasteiger partial charge < -0.3 is 18.8 Å². The average molecular weight is 784 g/mol. The van der Waals surface area contributed by atoms with E-state index in [1.165, 1.54) is 22.3 Å². The number of aromatic nitrogens is 1. The predicted octanol–water partition coefficient (Wildman–Crippen LogP) is 15.9. The molecule has 0 spiro atoms. The topological polar surface area (TPSA) is 24.6 Å². The molecule has 9 aromatic carbocycles. The van der Waals surface area contributed by atoms with Gasteiger partial charge in [-0.25, -0.2) is 0 Å². The lowest BCUT2D eigenvalue weighted by Gasteiger charge is -2.28. The molecule has 2 heterocycles. The van der Waals surface area contributed by atoms with Crippen LogP contribution in [-0.4, -0.2) is 4.57 Å². The molecule has 12 rings (SSSR count). The van der Waals surface area contributed by atoms with Crippen LogP contribution in [0.1, 0.15) is 25.0 Å². The fourth-order valence-electron chi connectivity index (χ4n) is 9.89. The van der Waals surface area contributed by atoms with Crippen LogP contribution in [0.5, 0.6) is 0 Å². The molecular weight excluding hydrogens is 743 g/mol. The van der Waals surface area contributed by atoms with Gasteiger partial charge in [0.05, 0.1) is 16.4 Å². The predicted molar refractivity (Wildman–Crippen MR) is 255 cm³/mol. The monoisotopic (exact) mass is 783 g/mol. The molecule has 0 saturated heterocycles. The van der Waals surface area contributed by atoms with E-state index in [1.54, 1.807) is 0 Å². The summed E-state index contributed by atoms with van der Waals surface area (Å²) in [6.45, 7) is 4.75. The number of para-hydroxylation sites is 5. The average Bonchev–Trinajstić information content (AvgIpc) is 3.93. The lowest BCUT2D eigenvalue weighted by molar-refractivity contribution is 0.660. The molecule has 0 atom stereocenters. The lowest BCUT2D eigenvalue weighted by atomic mass is 9.82. The fraction of sp³-hybridized carbons (Fsp3) is 0.0526. The minimum Gasteiger partial charge on any atom is -0.455 e. The third-order valence-electron chi connectivity index (χ3n) is 12.7. The molecule has 0 fully saturated rings. The van der Waals surface area contributed by atoms with Gasteiger partial charge in [-0.2, -0.15) is 0 Å². The smallest absolute Gasteiger partial charge is 0.145 e. The molecule has 290 valence electrons. The fourth-order valence-corrected chi connectivity index (χ4v) is 9.89. The van der Waals surface area contributed by atoms with Crippen molar-refractivity contribution in [3.8, 4) is 16.8 Å². The summed E-state index contributed by atoms with van der Waals surface area (Å²) in [4.78, 5) is 4.69. The summed E-state index contributed by atoms with van der Waals surface area (Å²) in [6, 6.07) is 76.4. The highest BCUT2D eigenvalue weighted by molar-refractivity contribution is 6.24. The van der Waals surface area contributed by atoms with Crippen molar-refractivity contribution in [1.82, 2.24) is 4.57 Å². The Hall–Kier alpha value is -7.82. The van der Waals surface area contributed by atoms with Crippen LogP contribution in [0, 0.1) is 0 Å². The lowest BCUT2D eigenvalue weighted by Crippen LogP contribution is -2.17. The molecule has 0 radical (unpaired) electrons. The van der Waals surface area contributed by atoms with Crippen molar-refractivity contribution >= 4 is 77.9 Å². The van der Waals surface area contributed by atoms with Gasteiger partial charge in [-0.15, -0.1) is 0 Å². The first-order valence-corrected chi connectivity index (χ1v) is 21.0. The molecule has 0 N–H and O–H groups in total. The van der Waals surface area contributed by atoms with Crippen LogP contribution in [-0.2, 0) is 5.41 Å². The van der Waals surface area contributed by atoms with E-state index in [4.69, 9.17) is 4.42 Å². The summed E-state index contributed by atoms with van der Waals surface area (Å²) in [7, 11) is 0. The number of hydrogen-bond donors (Lipinski definition) is 0. The van der Waals surface area contributed by atoms with Crippen LogP contribution < -0.4 is 9.80 Å². The van der Waals surface area contributed by atoms with Gasteiger partial charge in [0, 0.05) is 61.4 Å². The Morgan fingerprint density at radius 1 is 0.393 bits per heavy atom. The molecule has 11 aromatic rings. The first-order chi connectivity index (χ1) is 30.0. The zero-order valence-electron chi connectivity index (χ0n) is 34.0. The third kappa shape index (κ3) is 5.46. The minimum atomic E-state index is -0.250. The molecule has 0 unspecified atom stereocenters. The molecule has 0 aliphatic heterocycles. The highest BCUT2D eigenvalue weighted by atomic mass is 16.3. The number of fused-ring (bicyclic) bond motifs is 10. The van der Waals surface area contributed by atoms with E-state index in [0.29, 0.717) is 0 Å². The first-order valence-electron chi connectivity index (χ1n) is 21.0. The van der Waals surface area contributed by atoms with E-state index >= 15 is 0 Å². The number of furan rings is 1. The summed E-state index contributed by atoms with van der Waals surface area (Å²) < 4.78 is 9.24. The van der Waals surface area contributed by atoms with Crippen molar-refractivity contribution in [1.29, 1.82) is 0 Å². The van der Waals surface area contributed by atoms with E-state index in [0.717, 1.165) is 83.6 Å². The molecule has 61 heavy (non-hydrogen) atoms. The van der Waals surface area contributed by atoms with Gasteiger partial charge in [0.2, 0.25) is 0 Å². The number of hydrogen-bond acceptors (Lipinski definition) is 3. The quantitative estimate of drug-likeness (QED) is 0.161. The Balaban J connectivity index is 1.05. The standard InChI is InChI=1S/C57H41N3O/c1-57(2)50-36-43(59(40-21-11-5-12-22-40)41-23-13-6-14-24-41)27-30-45(50)46-31-28-44(37-51(46)57)60-52-33-29-42(58(38-17-7-3-8-18-38)39-19-9-4-10-20-39)35-49(52)55-53(60)34-32-48-47-25-15-16-26-54(47)61-56(48)55/h3-37H,1-2H3. The van der Waals surface area contributed by atoms with Crippen LogP contribution in [0.2, 0.25) is 0 Å². The van der Waals surface area contributed by atoms with Crippen molar-refractivity contribution in [3.63, 3.8) is 0 Å². The zero-order chi connectivity index (χ0) is 40.7. The summed E-state index contributed by atoms with van der Waals surface area (Å²) in [5.41, 5.74) is 16.8. The maximum atomic E-state index is 6.81. The second-order valence-electron chi connectivity index (χ2n) is 16.6. The Morgan fingerprint density at radius 3 is 1.49 bits per heavy atom. The Labute approximate surface area is 354 Å². The van der Waals surface area contributed by atoms with E-state index < -0.39 is 0 Å². The van der Waals surface area contributed by atoms with Crippen LogP contribution >= 0.6 is 0 Å². The van der Waals surface area contributed by atoms with E-state index in [-0.39, 0.29) is 5.41 Å². The molecular formula is C57H41N3O. The van der Waals surface area contributed by atoms with E-state index in [9.17, 15) is 0 Å². The summed E-state index contributed by atoms with van der Waals surface area (Å²) >= 11 is 0. The molecule has 2 aromatic heterocycles. The Morgan fingerprint density at radius 2 is 0.885 bits per heavy atom. The SMILES string of the molecule is CC1(C)c2cc(N(c3ccccc3)c3ccccc3)ccc2-c2ccc(-n3c4ccc(N(c5ccccc5)c5ccccc5)cc4c4c5oc6ccccc6c5ccc43)cc21. The second-order valence-corrected chi connectivity index (χ2v) is 16.6. The van der Waals surface area contributed by atoms with Crippen molar-refractivity contribution < 1.29 is 4.42 Å². The summed E-state index contributed by atoms with van der Waals surface area (Å²) in [6.07, 6.45) is 0. The highest BCUT2D eigenvalue weighted by Crippen LogP contribution is 2.52. The summed E-state index contributed by atoms with van der Waals surface area (Å²) in [5.74, 6) is 0. The third-order valence-corrected chi connectivity index (χ3v) is 12.7. The van der Waals surface area contributed by atoms with Crippen molar-refractivity contribution in [2.75, 3.05) is 9.80 Å². The molecule has 4 nitrogen and oxygen atoms in total. The molecule has 4 heteroatoms. The van der Waals surface area contributed by atoms with Crippen molar-refractivity contribution in [2.45, 2.75) is 19.3 Å². The number of nitrogens with zero attached hydrogens (tertiary/aromatic N) is 3. The zero-order valence-corrected chi connectivity index (χ0v) is 34.0. The summed E-state index contributed by atoms with van der Waals surface area (Å²) in [5, 5.41) is 4.50. The van der Waals surface area contributed by atoms with Crippen LogP contribution in [0.15, 0.2) is 217 Å². The van der Waals surface area contributed by atoms with E-state index in [1.807, 2.05) is 0 Å². The van der Waals surface area contributed by atoms with Gasteiger partial charge >= 0.3 is 0 Å². The second kappa shape index (κ2) is 13.6. The molecule has 0 bridgehead atoms. The van der Waals surface area contributed by atoms with Gasteiger partial charge in [-0.3, -0.25) is 0 Å². The van der Waals surface area contributed by atoms with Gasteiger partial charge in [0.1, 0.15) is 11.2 Å². The number of anilines is 6. The van der Waals surface area contributed by atoms with Crippen LogP contribution in [0.25, 0.3) is 60.6 Å². The normalized spacial score (nSPS) is 12.9. The Bertz CT molecular complexity index is 3360. The van der Waals surface area contributed by atoms with Gasteiger partial charge in [0.15, 0.2) is 0 Å².